The Balaban J connectivity index is 0.000000284. The van der Waals surface area contributed by atoms with Crippen LogP contribution in [0.25, 0.3) is 11.3 Å². The van der Waals surface area contributed by atoms with Crippen LogP contribution in [0, 0.1) is 27.0 Å². The number of aromatic nitrogens is 8. The van der Waals surface area contributed by atoms with E-state index < -0.39 is 5.82 Å². The average molecular weight is 718 g/mol. The molecule has 6 aromatic heterocycles. The van der Waals surface area contributed by atoms with Crippen LogP contribution in [0.2, 0.25) is 0 Å². The second kappa shape index (κ2) is 19.3. The van der Waals surface area contributed by atoms with Gasteiger partial charge < -0.3 is 5.73 Å². The lowest BCUT2D eigenvalue weighted by Gasteiger charge is -1.95. The monoisotopic (exact) mass is 718 g/mol. The molecule has 4 N–H and O–H groups in total. The number of hydrogen-bond acceptors (Lipinski definition) is 9. The second-order valence-corrected chi connectivity index (χ2v) is 8.06. The van der Waals surface area contributed by atoms with Crippen molar-refractivity contribution in [1.29, 1.82) is 0 Å². The molecule has 0 amide bonds. The first-order valence-electron chi connectivity index (χ1n) is 12.1. The maximum atomic E-state index is 12.8. The molecule has 0 aliphatic heterocycles. The SMILES string of the molecule is CF.Fc1ccc2ncnn2c1.Fc1ccc2ncnn2c1I.Nc1ccc(F)cn1.ONC=Nc1ccc(F)cn1.[2H]C. The molecule has 43 heavy (non-hydrogen) atoms. The maximum absolute atomic E-state index is 12.8. The van der Waals surface area contributed by atoms with E-state index in [0.717, 1.165) is 18.7 Å². The van der Waals surface area contributed by atoms with Crippen molar-refractivity contribution < 1.29 is 28.5 Å². The summed E-state index contributed by atoms with van der Waals surface area (Å²) >= 11 is 1.88. The van der Waals surface area contributed by atoms with Crippen LogP contribution in [-0.2, 0) is 0 Å². The van der Waals surface area contributed by atoms with Crippen molar-refractivity contribution >= 4 is 51.9 Å². The maximum Gasteiger partial charge on any atom is 0.156 e. The summed E-state index contributed by atoms with van der Waals surface area (Å²) in [5.74, 6) is -0.693. The molecule has 0 unspecified atom stereocenters. The fourth-order valence-electron chi connectivity index (χ4n) is 2.55. The molecule has 0 spiro atoms. The standard InChI is InChI=1S/C6H3FIN3.C6H6FN3O.C6H4FN3.C5H5FN2.CH3F.CH4/c7-4-1-2-5-9-3-10-11(5)6(4)8;7-5-1-2-6(8-3-5)9-4-10-11;7-5-1-2-6-8-4-9-10(6)3-5;6-4-1-2-5(7)8-3-4;1-2;/h1-3H;1-4,11H,(H,8,9,10);1-4H;1-3H,(H2,7,8);1H3;1H4/i;;;;;1D. The lowest BCUT2D eigenvalue weighted by molar-refractivity contribution is 0.240. The number of fused-ring (bicyclic) bond motifs is 2. The molecule has 0 aliphatic carbocycles. The van der Waals surface area contributed by atoms with Crippen LogP contribution in [0.4, 0.5) is 33.6 Å². The molecule has 0 aliphatic rings. The smallest absolute Gasteiger partial charge is 0.156 e. The first kappa shape index (κ1) is 34.4. The van der Waals surface area contributed by atoms with Gasteiger partial charge in [-0.1, -0.05) is 7.40 Å². The highest BCUT2D eigenvalue weighted by Crippen LogP contribution is 2.11. The van der Waals surface area contributed by atoms with E-state index >= 15 is 0 Å². The molecule has 18 heteroatoms. The summed E-state index contributed by atoms with van der Waals surface area (Å²) in [6.07, 6.45) is 7.23. The summed E-state index contributed by atoms with van der Waals surface area (Å²) < 4.78 is 68.0. The highest BCUT2D eigenvalue weighted by molar-refractivity contribution is 14.1. The normalized spacial score (nSPS) is 9.84. The third-order valence-electron chi connectivity index (χ3n) is 4.29. The van der Waals surface area contributed by atoms with Crippen molar-refractivity contribution in [1.82, 2.24) is 44.6 Å². The molecule has 6 aromatic rings. The Hall–Kier alpha value is -4.85. The Morgan fingerprint density at radius 3 is 2.07 bits per heavy atom. The number of nitrogens with two attached hydrogens (primary N) is 1. The van der Waals surface area contributed by atoms with Gasteiger partial charge in [-0.25, -0.2) is 51.5 Å². The van der Waals surface area contributed by atoms with E-state index in [2.05, 4.69) is 35.1 Å². The summed E-state index contributed by atoms with van der Waals surface area (Å²) in [5, 5.41) is 15.7. The van der Waals surface area contributed by atoms with E-state index in [1.165, 1.54) is 71.7 Å². The third kappa shape index (κ3) is 12.3. The van der Waals surface area contributed by atoms with Gasteiger partial charge >= 0.3 is 0 Å². The number of aliphatic imine (C=N–C) groups is 1. The molecule has 0 radical (unpaired) electrons. The van der Waals surface area contributed by atoms with Crippen molar-refractivity contribution in [2.75, 3.05) is 12.9 Å². The summed E-state index contributed by atoms with van der Waals surface area (Å²) in [5.41, 5.74) is 8.17. The van der Waals surface area contributed by atoms with Gasteiger partial charge in [-0.3, -0.25) is 15.1 Å². The van der Waals surface area contributed by atoms with Gasteiger partial charge in [0.1, 0.15) is 46.0 Å². The predicted octanol–water partition coefficient (Wildman–Crippen LogP) is 5.23. The molecule has 12 nitrogen and oxygen atoms in total. The van der Waals surface area contributed by atoms with Gasteiger partial charge in [0, 0.05) is 1.37 Å². The van der Waals surface area contributed by atoms with Gasteiger partial charge in [0.2, 0.25) is 0 Å². The van der Waals surface area contributed by atoms with E-state index in [1.807, 2.05) is 22.6 Å². The number of alkyl halides is 1. The van der Waals surface area contributed by atoms with Crippen LogP contribution in [0.5, 0.6) is 0 Å². The Bertz CT molecular complexity index is 1650. The van der Waals surface area contributed by atoms with E-state index in [1.54, 1.807) is 17.6 Å². The molecule has 0 atom stereocenters. The average Bonchev–Trinajstić information content (AvgIpc) is 3.73. The minimum atomic E-state index is -0.416. The number of anilines is 1. The van der Waals surface area contributed by atoms with Crippen LogP contribution in [0.1, 0.15) is 8.77 Å². The Morgan fingerprint density at radius 2 is 1.47 bits per heavy atom. The predicted molar refractivity (Wildman–Crippen MR) is 158 cm³/mol. The Kier molecular flexibility index (Phi) is 15.4. The van der Waals surface area contributed by atoms with Crippen molar-refractivity contribution in [2.24, 2.45) is 4.99 Å². The van der Waals surface area contributed by atoms with Gasteiger partial charge in [0.05, 0.1) is 25.8 Å². The molecular weight excluding hydrogens is 692 g/mol. The molecule has 6 heterocycles. The number of halogens is 6. The molecule has 0 fully saturated rings. The fraction of sp³-hybridized carbons (Fsp3) is 0.0800. The van der Waals surface area contributed by atoms with Gasteiger partial charge in [-0.2, -0.15) is 10.2 Å². The van der Waals surface area contributed by atoms with E-state index in [-0.39, 0.29) is 17.5 Å². The molecule has 0 aromatic carbocycles. The molecule has 6 rings (SSSR count). The third-order valence-corrected chi connectivity index (χ3v) is 5.26. The lowest BCUT2D eigenvalue weighted by atomic mass is 10.4. The van der Waals surface area contributed by atoms with E-state index in [9.17, 15) is 22.0 Å². The van der Waals surface area contributed by atoms with Crippen LogP contribution >= 0.6 is 22.6 Å². The second-order valence-electron chi connectivity index (χ2n) is 7.04. The van der Waals surface area contributed by atoms with Gasteiger partial charge in [-0.15, -0.1) is 0 Å². The highest BCUT2D eigenvalue weighted by Gasteiger charge is 2.04. The summed E-state index contributed by atoms with van der Waals surface area (Å²) in [6, 6.07) is 11.2. The molecule has 0 bridgehead atoms. The highest BCUT2D eigenvalue weighted by atomic mass is 127. The van der Waals surface area contributed by atoms with Gasteiger partial charge in [-0.05, 0) is 71.1 Å². The van der Waals surface area contributed by atoms with Crippen molar-refractivity contribution in [2.45, 2.75) is 7.40 Å². The van der Waals surface area contributed by atoms with E-state index in [0.29, 0.717) is 33.8 Å². The van der Waals surface area contributed by atoms with Gasteiger partial charge in [0.25, 0.3) is 0 Å². The van der Waals surface area contributed by atoms with Crippen LogP contribution in [0.15, 0.2) is 84.8 Å². The lowest BCUT2D eigenvalue weighted by Crippen LogP contribution is -2.01. The minimum absolute atomic E-state index is 0.274. The summed E-state index contributed by atoms with van der Waals surface area (Å²) in [7, 11) is 1.75. The zero-order valence-electron chi connectivity index (χ0n) is 23.4. The van der Waals surface area contributed by atoms with E-state index in [4.69, 9.17) is 12.3 Å². The molecule has 0 saturated carbocycles. The number of nitrogen functional groups attached to an aromatic ring is 1. The van der Waals surface area contributed by atoms with Crippen molar-refractivity contribution in [3.05, 3.63) is 107 Å². The largest absolute Gasteiger partial charge is 0.384 e. The van der Waals surface area contributed by atoms with Gasteiger partial charge in [0.15, 0.2) is 22.9 Å². The zero-order valence-corrected chi connectivity index (χ0v) is 24.6. The molecule has 228 valence electrons. The minimum Gasteiger partial charge on any atom is -0.384 e. The Labute approximate surface area is 256 Å². The zero-order chi connectivity index (χ0) is 32.9. The van der Waals surface area contributed by atoms with Crippen LogP contribution in [0.3, 0.4) is 0 Å². The number of pyridine rings is 4. The van der Waals surface area contributed by atoms with Crippen molar-refractivity contribution in [3.8, 4) is 0 Å². The first-order valence-corrected chi connectivity index (χ1v) is 12.2. The quantitative estimate of drug-likeness (QED) is 0.0545. The number of hydrogen-bond donors (Lipinski definition) is 3. The van der Waals surface area contributed by atoms with Crippen LogP contribution in [-0.4, -0.2) is 57.9 Å². The fourth-order valence-corrected chi connectivity index (χ4v) is 3.10. The Morgan fingerprint density at radius 1 is 0.860 bits per heavy atom. The number of hydroxylamine groups is 1. The molecule has 0 saturated heterocycles. The number of nitrogens with zero attached hydrogens (tertiary/aromatic N) is 9. The van der Waals surface area contributed by atoms with Crippen molar-refractivity contribution in [3.63, 3.8) is 0 Å². The number of rotatable bonds is 2. The summed E-state index contributed by atoms with van der Waals surface area (Å²) in [4.78, 5) is 18.4. The summed E-state index contributed by atoms with van der Waals surface area (Å²) in [6.45, 7) is 0. The topological polar surface area (TPSA) is 157 Å². The number of nitrogens with one attached hydrogen (secondary N) is 1. The molecular formula is C25H25F5IN11O. The first-order chi connectivity index (χ1) is 21.3. The van der Waals surface area contributed by atoms with Crippen LogP contribution < -0.4 is 11.2 Å².